The molecule has 0 saturated heterocycles. The fourth-order valence-corrected chi connectivity index (χ4v) is 8.64. The lowest BCUT2D eigenvalue weighted by atomic mass is 10.4. The van der Waals surface area contributed by atoms with Gasteiger partial charge in [0.05, 0.1) is 0 Å². The molecular weight excluding hydrogens is 426 g/mol. The van der Waals surface area contributed by atoms with Crippen LogP contribution in [0.3, 0.4) is 0 Å². The second kappa shape index (κ2) is 12.0. The molecule has 0 atom stereocenters. The van der Waals surface area contributed by atoms with Crippen LogP contribution in [0, 0.1) is 0 Å². The molecule has 4 rings (SSSR count). The van der Waals surface area contributed by atoms with Crippen molar-refractivity contribution in [3.05, 3.63) is 121 Å². The lowest BCUT2D eigenvalue weighted by Gasteiger charge is -2.32. The minimum Gasteiger partial charge on any atom is -0.329 e. The Morgan fingerprint density at radius 1 is 0.469 bits per heavy atom. The molecule has 0 heterocycles. The second-order valence-corrected chi connectivity index (χ2v) is 12.0. The minimum absolute atomic E-state index is 0.489. The van der Waals surface area contributed by atoms with E-state index in [1.54, 1.807) is 0 Å². The van der Waals surface area contributed by atoms with Crippen LogP contribution in [0.2, 0.25) is 0 Å². The van der Waals surface area contributed by atoms with Crippen LogP contribution in [0.5, 0.6) is 0 Å². The Kier molecular flexibility index (Phi) is 8.60. The van der Waals surface area contributed by atoms with Crippen LogP contribution in [-0.4, -0.2) is 30.6 Å². The van der Waals surface area contributed by atoms with Crippen LogP contribution in [0.25, 0.3) is 0 Å². The molecular formula is C28H30N2P2. The van der Waals surface area contributed by atoms with Gasteiger partial charge in [-0.25, -0.2) is 0 Å². The SMILES string of the molecule is NCCN(CP(c1ccccc1)c1ccccc1)CP(c1ccccc1)c1ccccc1. The largest absolute Gasteiger partial charge is 0.329 e. The number of rotatable bonds is 10. The average molecular weight is 457 g/mol. The summed E-state index contributed by atoms with van der Waals surface area (Å²) < 4.78 is 0. The molecule has 0 saturated carbocycles. The lowest BCUT2D eigenvalue weighted by molar-refractivity contribution is 0.384. The number of hydrogen-bond donors (Lipinski definition) is 1. The number of benzene rings is 4. The summed E-state index contributed by atoms with van der Waals surface area (Å²) >= 11 is 0. The highest BCUT2D eigenvalue weighted by molar-refractivity contribution is 7.73. The van der Waals surface area contributed by atoms with Crippen molar-refractivity contribution in [1.29, 1.82) is 0 Å². The van der Waals surface area contributed by atoms with Gasteiger partial charge in [-0.05, 0) is 37.1 Å². The van der Waals surface area contributed by atoms with Gasteiger partial charge in [-0.15, -0.1) is 0 Å². The Bertz CT molecular complexity index is 880. The molecule has 32 heavy (non-hydrogen) atoms. The Morgan fingerprint density at radius 2 is 0.750 bits per heavy atom. The van der Waals surface area contributed by atoms with Crippen molar-refractivity contribution >= 4 is 37.1 Å². The van der Waals surface area contributed by atoms with Crippen molar-refractivity contribution in [2.45, 2.75) is 0 Å². The molecule has 0 fully saturated rings. The standard InChI is InChI=1S/C28H30N2P2/c29-21-22-30(23-31(25-13-5-1-6-14-25)26-15-7-2-8-16-26)24-32(27-17-9-3-10-18-27)28-19-11-4-12-20-28/h1-20H,21-24,29H2. The molecule has 4 aromatic rings. The molecule has 0 aliphatic carbocycles. The molecule has 0 radical (unpaired) electrons. The summed E-state index contributed by atoms with van der Waals surface area (Å²) in [5, 5.41) is 5.66. The molecule has 0 spiro atoms. The van der Waals surface area contributed by atoms with E-state index in [1.807, 2.05) is 0 Å². The first-order valence-electron chi connectivity index (χ1n) is 11.0. The van der Waals surface area contributed by atoms with Gasteiger partial charge in [0.25, 0.3) is 0 Å². The van der Waals surface area contributed by atoms with Gasteiger partial charge in [0.1, 0.15) is 0 Å². The molecule has 0 aromatic heterocycles. The zero-order chi connectivity index (χ0) is 22.0. The smallest absolute Gasteiger partial charge is 0.0270 e. The molecule has 4 aromatic carbocycles. The summed E-state index contributed by atoms with van der Waals surface area (Å²) in [6, 6.07) is 43.8. The number of nitrogens with zero attached hydrogens (tertiary/aromatic N) is 1. The van der Waals surface area contributed by atoms with Crippen LogP contribution in [0.4, 0.5) is 0 Å². The second-order valence-electron chi connectivity index (χ2n) is 7.66. The summed E-state index contributed by atoms with van der Waals surface area (Å²) in [7, 11) is -0.979. The zero-order valence-electron chi connectivity index (χ0n) is 18.3. The number of hydrogen-bond acceptors (Lipinski definition) is 2. The highest BCUT2D eigenvalue weighted by Crippen LogP contribution is 2.39. The van der Waals surface area contributed by atoms with Gasteiger partial charge in [0, 0.05) is 25.7 Å². The minimum atomic E-state index is -0.489. The van der Waals surface area contributed by atoms with Gasteiger partial charge < -0.3 is 5.73 Å². The summed E-state index contributed by atoms with van der Waals surface area (Å²) in [6.45, 7) is 1.57. The summed E-state index contributed by atoms with van der Waals surface area (Å²) in [5.41, 5.74) is 6.11. The van der Waals surface area contributed by atoms with Crippen molar-refractivity contribution in [2.24, 2.45) is 5.73 Å². The summed E-state index contributed by atoms with van der Waals surface area (Å²) in [4.78, 5) is 2.59. The Morgan fingerprint density at radius 3 is 1.00 bits per heavy atom. The van der Waals surface area contributed by atoms with E-state index in [9.17, 15) is 0 Å². The monoisotopic (exact) mass is 456 g/mol. The topological polar surface area (TPSA) is 29.3 Å². The number of nitrogens with two attached hydrogens (primary N) is 1. The van der Waals surface area contributed by atoms with E-state index in [-0.39, 0.29) is 0 Å². The Labute approximate surface area is 194 Å². The van der Waals surface area contributed by atoms with E-state index >= 15 is 0 Å². The third kappa shape index (κ3) is 6.12. The molecule has 0 aliphatic rings. The summed E-state index contributed by atoms with van der Waals surface area (Å²) in [6.07, 6.45) is 2.03. The van der Waals surface area contributed by atoms with Crippen molar-refractivity contribution in [2.75, 3.05) is 25.7 Å². The van der Waals surface area contributed by atoms with Gasteiger partial charge in [-0.3, -0.25) is 4.90 Å². The van der Waals surface area contributed by atoms with Crippen LogP contribution < -0.4 is 27.0 Å². The Balaban J connectivity index is 1.65. The van der Waals surface area contributed by atoms with E-state index in [1.165, 1.54) is 21.2 Å². The fourth-order valence-electron chi connectivity index (χ4n) is 3.83. The molecule has 4 heteroatoms. The molecule has 0 unspecified atom stereocenters. The van der Waals surface area contributed by atoms with Crippen LogP contribution in [0.15, 0.2) is 121 Å². The van der Waals surface area contributed by atoms with Crippen molar-refractivity contribution in [3.63, 3.8) is 0 Å². The molecule has 0 aliphatic heterocycles. The highest BCUT2D eigenvalue weighted by Gasteiger charge is 2.22. The van der Waals surface area contributed by atoms with Crippen LogP contribution >= 0.6 is 15.8 Å². The maximum Gasteiger partial charge on any atom is 0.0270 e. The van der Waals surface area contributed by atoms with Gasteiger partial charge in [-0.1, -0.05) is 121 Å². The fraction of sp³-hybridized carbons (Fsp3) is 0.143. The van der Waals surface area contributed by atoms with Gasteiger partial charge in [0.2, 0.25) is 0 Å². The average Bonchev–Trinajstić information content (AvgIpc) is 2.88. The summed E-state index contributed by atoms with van der Waals surface area (Å²) in [5.74, 6) is 0. The van der Waals surface area contributed by atoms with Crippen LogP contribution in [-0.2, 0) is 0 Å². The zero-order valence-corrected chi connectivity index (χ0v) is 20.1. The maximum absolute atomic E-state index is 6.11. The quantitative estimate of drug-likeness (QED) is 0.358. The van der Waals surface area contributed by atoms with Crippen molar-refractivity contribution in [3.8, 4) is 0 Å². The van der Waals surface area contributed by atoms with Crippen molar-refractivity contribution < 1.29 is 0 Å². The molecule has 2 nitrogen and oxygen atoms in total. The van der Waals surface area contributed by atoms with E-state index in [2.05, 4.69) is 126 Å². The molecule has 0 amide bonds. The maximum atomic E-state index is 6.11. The molecule has 2 N–H and O–H groups in total. The lowest BCUT2D eigenvalue weighted by Crippen LogP contribution is -2.35. The van der Waals surface area contributed by atoms with E-state index in [0.717, 1.165) is 19.1 Å². The van der Waals surface area contributed by atoms with Crippen LogP contribution in [0.1, 0.15) is 0 Å². The van der Waals surface area contributed by atoms with Gasteiger partial charge >= 0.3 is 0 Å². The first kappa shape index (κ1) is 22.8. The third-order valence-corrected chi connectivity index (χ3v) is 10.5. The van der Waals surface area contributed by atoms with E-state index < -0.39 is 15.8 Å². The van der Waals surface area contributed by atoms with E-state index in [4.69, 9.17) is 5.73 Å². The van der Waals surface area contributed by atoms with E-state index in [0.29, 0.717) is 6.54 Å². The molecule has 162 valence electrons. The Hall–Kier alpha value is -2.34. The van der Waals surface area contributed by atoms with Gasteiger partial charge in [-0.2, -0.15) is 0 Å². The first-order valence-corrected chi connectivity index (χ1v) is 14.1. The predicted octanol–water partition coefficient (Wildman–Crippen LogP) is 4.43. The first-order chi connectivity index (χ1) is 15.8. The highest BCUT2D eigenvalue weighted by atomic mass is 31.1. The van der Waals surface area contributed by atoms with Crippen molar-refractivity contribution in [1.82, 2.24) is 4.90 Å². The molecule has 0 bridgehead atoms. The normalized spacial score (nSPS) is 11.4. The third-order valence-electron chi connectivity index (χ3n) is 5.40. The van der Waals surface area contributed by atoms with Gasteiger partial charge in [0.15, 0.2) is 0 Å². The predicted molar refractivity (Wildman–Crippen MR) is 144 cm³/mol.